The molecule has 0 aliphatic carbocycles. The Bertz CT molecular complexity index is 1740. The molecular formula is C29H23N3O3S2. The average Bonchev–Trinajstić information content (AvgIpc) is 3.54. The van der Waals surface area contributed by atoms with Crippen LogP contribution >= 0.6 is 11.3 Å². The third kappa shape index (κ3) is 4.39. The number of carbonyl (C=O) groups is 1. The van der Waals surface area contributed by atoms with Gasteiger partial charge >= 0.3 is 0 Å². The van der Waals surface area contributed by atoms with Crippen LogP contribution in [0.1, 0.15) is 21.5 Å². The quantitative estimate of drug-likeness (QED) is 0.293. The predicted octanol–water partition coefficient (Wildman–Crippen LogP) is 6.28. The van der Waals surface area contributed by atoms with Gasteiger partial charge in [0.25, 0.3) is 15.9 Å². The lowest BCUT2D eigenvalue weighted by Gasteiger charge is -2.19. The number of nitrogens with one attached hydrogen (secondary N) is 1. The van der Waals surface area contributed by atoms with E-state index in [4.69, 9.17) is 4.98 Å². The molecule has 8 heteroatoms. The van der Waals surface area contributed by atoms with Crippen LogP contribution in [-0.4, -0.2) is 25.9 Å². The highest BCUT2D eigenvalue weighted by atomic mass is 32.2. The Morgan fingerprint density at radius 2 is 1.70 bits per heavy atom. The van der Waals surface area contributed by atoms with Crippen LogP contribution in [0.25, 0.3) is 20.8 Å². The number of aryl methyl sites for hydroxylation is 1. The summed E-state index contributed by atoms with van der Waals surface area (Å²) in [6, 6.07) is 27.4. The number of anilines is 2. The van der Waals surface area contributed by atoms with Gasteiger partial charge in [0.15, 0.2) is 0 Å². The second kappa shape index (κ2) is 9.14. The van der Waals surface area contributed by atoms with Gasteiger partial charge in [-0.25, -0.2) is 13.4 Å². The van der Waals surface area contributed by atoms with Gasteiger partial charge in [-0.05, 0) is 91.2 Å². The lowest BCUT2D eigenvalue weighted by molar-refractivity contribution is 0.102. The van der Waals surface area contributed by atoms with Crippen molar-refractivity contribution in [2.45, 2.75) is 18.2 Å². The van der Waals surface area contributed by atoms with Gasteiger partial charge in [-0.15, -0.1) is 11.3 Å². The molecule has 1 aromatic heterocycles. The lowest BCUT2D eigenvalue weighted by atomic mass is 10.2. The third-order valence-electron chi connectivity index (χ3n) is 6.48. The van der Waals surface area contributed by atoms with Crippen molar-refractivity contribution in [3.63, 3.8) is 0 Å². The minimum atomic E-state index is -3.70. The van der Waals surface area contributed by atoms with E-state index in [2.05, 4.69) is 24.4 Å². The van der Waals surface area contributed by atoms with Crippen molar-refractivity contribution in [3.05, 3.63) is 108 Å². The Morgan fingerprint density at radius 1 is 0.946 bits per heavy atom. The lowest BCUT2D eigenvalue weighted by Crippen LogP contribution is -2.29. The molecule has 1 N–H and O–H groups in total. The van der Waals surface area contributed by atoms with Gasteiger partial charge in [0.2, 0.25) is 0 Å². The monoisotopic (exact) mass is 525 g/mol. The van der Waals surface area contributed by atoms with Crippen molar-refractivity contribution in [1.29, 1.82) is 0 Å². The number of para-hydroxylation sites is 1. The number of hydrogen-bond donors (Lipinski definition) is 1. The largest absolute Gasteiger partial charge is 0.322 e. The zero-order valence-corrected chi connectivity index (χ0v) is 21.6. The molecule has 0 radical (unpaired) electrons. The number of aromatic nitrogens is 1. The number of hydrogen-bond acceptors (Lipinski definition) is 5. The maximum atomic E-state index is 13.2. The number of sulfonamides is 1. The Kier molecular flexibility index (Phi) is 5.78. The second-order valence-corrected chi connectivity index (χ2v) is 11.9. The first kappa shape index (κ1) is 23.4. The fraction of sp³-hybridized carbons (Fsp3) is 0.103. The standard InChI is InChI=1S/C29H23N3O3S2/c1-19-6-15-25-27(18-19)36-29(31-25)22-7-11-23(12-8-22)30-28(33)21-9-13-24(14-10-21)37(34,35)32-17-16-20-4-2-3-5-26(20)32/h2-15,18H,16-17H2,1H3,(H,30,33). The molecule has 4 aromatic carbocycles. The van der Waals surface area contributed by atoms with Gasteiger partial charge in [-0.1, -0.05) is 24.3 Å². The summed E-state index contributed by atoms with van der Waals surface area (Å²) in [6.45, 7) is 2.48. The fourth-order valence-corrected chi connectivity index (χ4v) is 7.09. The highest BCUT2D eigenvalue weighted by Gasteiger charge is 2.30. The van der Waals surface area contributed by atoms with Gasteiger partial charge < -0.3 is 5.32 Å². The van der Waals surface area contributed by atoms with E-state index < -0.39 is 10.0 Å². The van der Waals surface area contributed by atoms with E-state index in [1.165, 1.54) is 22.0 Å². The van der Waals surface area contributed by atoms with Crippen LogP contribution in [-0.2, 0) is 16.4 Å². The van der Waals surface area contributed by atoms with Crippen LogP contribution in [0.4, 0.5) is 11.4 Å². The van der Waals surface area contributed by atoms with Gasteiger partial charge in [0.1, 0.15) is 5.01 Å². The Morgan fingerprint density at radius 3 is 2.49 bits per heavy atom. The Hall–Kier alpha value is -4.01. The molecule has 37 heavy (non-hydrogen) atoms. The SMILES string of the molecule is Cc1ccc2nc(-c3ccc(NC(=O)c4ccc(S(=O)(=O)N5CCc6ccccc65)cc4)cc3)sc2c1. The van der Waals surface area contributed by atoms with Crippen LogP contribution in [0.5, 0.6) is 0 Å². The maximum Gasteiger partial charge on any atom is 0.264 e. The smallest absolute Gasteiger partial charge is 0.264 e. The molecule has 2 heterocycles. The van der Waals surface area contributed by atoms with Crippen LogP contribution < -0.4 is 9.62 Å². The number of carbonyl (C=O) groups excluding carboxylic acids is 1. The van der Waals surface area contributed by atoms with E-state index in [-0.39, 0.29) is 10.8 Å². The summed E-state index contributed by atoms with van der Waals surface area (Å²) < 4.78 is 29.0. The molecule has 6 nitrogen and oxygen atoms in total. The van der Waals surface area contributed by atoms with Gasteiger partial charge in [0.05, 0.1) is 20.8 Å². The van der Waals surface area contributed by atoms with E-state index in [0.29, 0.717) is 29.9 Å². The Labute approximate surface area is 219 Å². The van der Waals surface area contributed by atoms with E-state index in [9.17, 15) is 13.2 Å². The molecule has 184 valence electrons. The van der Waals surface area contributed by atoms with Gasteiger partial charge in [0, 0.05) is 23.4 Å². The predicted molar refractivity (Wildman–Crippen MR) is 149 cm³/mol. The first-order valence-corrected chi connectivity index (χ1v) is 14.1. The molecule has 0 fully saturated rings. The van der Waals surface area contributed by atoms with E-state index in [0.717, 1.165) is 26.4 Å². The molecule has 1 aliphatic heterocycles. The molecule has 0 saturated heterocycles. The van der Waals surface area contributed by atoms with Crippen LogP contribution in [0.15, 0.2) is 95.9 Å². The molecule has 0 atom stereocenters. The van der Waals surface area contributed by atoms with Crippen molar-refractivity contribution in [2.24, 2.45) is 0 Å². The summed E-state index contributed by atoms with van der Waals surface area (Å²) >= 11 is 1.64. The van der Waals surface area contributed by atoms with Gasteiger partial charge in [-0.2, -0.15) is 0 Å². The highest BCUT2D eigenvalue weighted by molar-refractivity contribution is 7.92. The molecular weight excluding hydrogens is 502 g/mol. The summed E-state index contributed by atoms with van der Waals surface area (Å²) in [5, 5.41) is 3.81. The molecule has 1 amide bonds. The van der Waals surface area contributed by atoms with Crippen LogP contribution in [0.3, 0.4) is 0 Å². The zero-order chi connectivity index (χ0) is 25.6. The van der Waals surface area contributed by atoms with E-state index >= 15 is 0 Å². The molecule has 6 rings (SSSR count). The van der Waals surface area contributed by atoms with Crippen molar-refractivity contribution in [2.75, 3.05) is 16.2 Å². The number of benzene rings is 4. The summed E-state index contributed by atoms with van der Waals surface area (Å²) in [5.74, 6) is -0.307. The van der Waals surface area contributed by atoms with Crippen molar-refractivity contribution in [1.82, 2.24) is 4.98 Å². The molecule has 5 aromatic rings. The Balaban J connectivity index is 1.16. The van der Waals surface area contributed by atoms with Gasteiger partial charge in [-0.3, -0.25) is 9.10 Å². The number of fused-ring (bicyclic) bond motifs is 2. The minimum absolute atomic E-state index is 0.163. The van der Waals surface area contributed by atoms with Crippen molar-refractivity contribution < 1.29 is 13.2 Å². The minimum Gasteiger partial charge on any atom is -0.322 e. The van der Waals surface area contributed by atoms with Crippen molar-refractivity contribution >= 4 is 48.9 Å². The first-order valence-electron chi connectivity index (χ1n) is 11.9. The van der Waals surface area contributed by atoms with Crippen LogP contribution in [0, 0.1) is 6.92 Å². The fourth-order valence-electron chi connectivity index (χ4n) is 4.52. The third-order valence-corrected chi connectivity index (χ3v) is 9.38. The van der Waals surface area contributed by atoms with Crippen molar-refractivity contribution in [3.8, 4) is 10.6 Å². The first-order chi connectivity index (χ1) is 17.9. The molecule has 0 spiro atoms. The van der Waals surface area contributed by atoms with E-state index in [1.807, 2.05) is 54.6 Å². The summed E-state index contributed by atoms with van der Waals surface area (Å²) in [4.78, 5) is 17.7. The summed E-state index contributed by atoms with van der Waals surface area (Å²) in [5.41, 5.74) is 5.92. The number of rotatable bonds is 5. The molecule has 1 aliphatic rings. The molecule has 0 unspecified atom stereocenters. The highest BCUT2D eigenvalue weighted by Crippen LogP contribution is 2.33. The maximum absolute atomic E-state index is 13.2. The number of amides is 1. The van der Waals surface area contributed by atoms with Crippen LogP contribution in [0.2, 0.25) is 0 Å². The molecule has 0 bridgehead atoms. The summed E-state index contributed by atoms with van der Waals surface area (Å²) in [6.07, 6.45) is 0.688. The van der Waals surface area contributed by atoms with E-state index in [1.54, 1.807) is 23.5 Å². The summed E-state index contributed by atoms with van der Waals surface area (Å²) in [7, 11) is -3.70. The zero-order valence-electron chi connectivity index (χ0n) is 20.0. The second-order valence-electron chi connectivity index (χ2n) is 9.00. The topological polar surface area (TPSA) is 79.4 Å². The molecule has 0 saturated carbocycles. The number of nitrogens with zero attached hydrogens (tertiary/aromatic N) is 2. The number of thiazole rings is 1. The average molecular weight is 526 g/mol. The normalized spacial score (nSPS) is 13.1.